The maximum atomic E-state index is 3.87. The highest BCUT2D eigenvalue weighted by Gasteiger charge is 2.25. The molecule has 0 bridgehead atoms. The highest BCUT2D eigenvalue weighted by molar-refractivity contribution is 5.73. The van der Waals surface area contributed by atoms with Gasteiger partial charge in [0.15, 0.2) is 0 Å². The first kappa shape index (κ1) is 14.4. The fourth-order valence-electron chi connectivity index (χ4n) is 4.78. The molecule has 0 radical (unpaired) electrons. The van der Waals surface area contributed by atoms with Gasteiger partial charge in [-0.3, -0.25) is 0 Å². The molecule has 0 aromatic heterocycles. The Balaban J connectivity index is 1.56. The van der Waals surface area contributed by atoms with Crippen LogP contribution in [0.25, 0.3) is 6.08 Å². The van der Waals surface area contributed by atoms with Crippen LogP contribution in [0.4, 0.5) is 5.69 Å². The van der Waals surface area contributed by atoms with Crippen molar-refractivity contribution in [2.24, 2.45) is 5.92 Å². The summed E-state index contributed by atoms with van der Waals surface area (Å²) < 4.78 is 0. The van der Waals surface area contributed by atoms with E-state index in [4.69, 9.17) is 0 Å². The van der Waals surface area contributed by atoms with Crippen LogP contribution in [-0.2, 0) is 6.42 Å². The molecule has 1 aromatic rings. The molecule has 2 fully saturated rings. The van der Waals surface area contributed by atoms with Crippen molar-refractivity contribution < 1.29 is 0 Å². The van der Waals surface area contributed by atoms with Crippen molar-refractivity contribution in [1.82, 2.24) is 0 Å². The molecule has 0 aliphatic heterocycles. The third-order valence-corrected chi connectivity index (χ3v) is 5.99. The lowest BCUT2D eigenvalue weighted by Gasteiger charge is -2.23. The molecule has 0 atom stereocenters. The van der Waals surface area contributed by atoms with Crippen LogP contribution in [0.5, 0.6) is 0 Å². The summed E-state index contributed by atoms with van der Waals surface area (Å²) in [6.45, 7) is 2.24. The summed E-state index contributed by atoms with van der Waals surface area (Å²) in [5.74, 6) is 0.862. The Morgan fingerprint density at radius 3 is 2.41 bits per heavy atom. The van der Waals surface area contributed by atoms with Gasteiger partial charge < -0.3 is 5.32 Å². The Labute approximate surface area is 135 Å². The summed E-state index contributed by atoms with van der Waals surface area (Å²) in [5.41, 5.74) is 7.64. The van der Waals surface area contributed by atoms with Gasteiger partial charge in [0.1, 0.15) is 0 Å². The van der Waals surface area contributed by atoms with Crippen LogP contribution < -0.4 is 5.32 Å². The molecule has 118 valence electrons. The van der Waals surface area contributed by atoms with E-state index in [0.29, 0.717) is 6.04 Å². The molecule has 1 N–H and O–H groups in total. The number of hydrogen-bond donors (Lipinski definition) is 1. The van der Waals surface area contributed by atoms with Gasteiger partial charge in [0.2, 0.25) is 0 Å². The first-order chi connectivity index (χ1) is 10.8. The van der Waals surface area contributed by atoms with E-state index in [1.54, 1.807) is 11.1 Å². The highest BCUT2D eigenvalue weighted by Crippen LogP contribution is 2.40. The molecule has 3 aliphatic carbocycles. The Morgan fingerprint density at radius 1 is 0.909 bits per heavy atom. The zero-order valence-corrected chi connectivity index (χ0v) is 14.0. The molecule has 22 heavy (non-hydrogen) atoms. The number of rotatable bonds is 3. The van der Waals surface area contributed by atoms with Crippen LogP contribution in [0.3, 0.4) is 0 Å². The van der Waals surface area contributed by atoms with Crippen molar-refractivity contribution >= 4 is 11.8 Å². The first-order valence-electron chi connectivity index (χ1n) is 9.40. The molecule has 0 unspecified atom stereocenters. The second-order valence-electron chi connectivity index (χ2n) is 7.74. The van der Waals surface area contributed by atoms with Gasteiger partial charge in [-0.25, -0.2) is 0 Å². The lowest BCUT2D eigenvalue weighted by Crippen LogP contribution is -2.16. The minimum absolute atomic E-state index is 0.713. The van der Waals surface area contributed by atoms with Gasteiger partial charge in [-0.05, 0) is 67.7 Å². The largest absolute Gasteiger partial charge is 0.382 e. The fourth-order valence-corrected chi connectivity index (χ4v) is 4.78. The van der Waals surface area contributed by atoms with Crippen molar-refractivity contribution in [1.29, 1.82) is 0 Å². The minimum atomic E-state index is 0.713. The number of aryl methyl sites for hydroxylation is 1. The lowest BCUT2D eigenvalue weighted by molar-refractivity contribution is 0.401. The van der Waals surface area contributed by atoms with E-state index in [2.05, 4.69) is 30.4 Å². The highest BCUT2D eigenvalue weighted by atomic mass is 14.9. The quantitative estimate of drug-likeness (QED) is 0.735. The molecule has 1 aromatic carbocycles. The molecule has 0 heterocycles. The Morgan fingerprint density at radius 2 is 1.64 bits per heavy atom. The van der Waals surface area contributed by atoms with Crippen LogP contribution in [-0.4, -0.2) is 6.04 Å². The van der Waals surface area contributed by atoms with E-state index in [9.17, 15) is 0 Å². The van der Waals surface area contributed by atoms with Crippen molar-refractivity contribution in [3.63, 3.8) is 0 Å². The first-order valence-corrected chi connectivity index (χ1v) is 9.40. The standard InChI is InChI=1S/C21H29N/c1-15-11-18-13-17(16-7-3-2-4-8-16)14-20(18)21(12-15)22-19-9-5-6-10-19/h11-13,16,19,22H,2-10,14H2,1H3. The third kappa shape index (κ3) is 2.83. The van der Waals surface area contributed by atoms with E-state index in [-0.39, 0.29) is 0 Å². The van der Waals surface area contributed by atoms with Gasteiger partial charge in [0, 0.05) is 11.7 Å². The summed E-state index contributed by atoms with van der Waals surface area (Å²) in [6.07, 6.45) is 16.4. The van der Waals surface area contributed by atoms with Gasteiger partial charge in [-0.15, -0.1) is 0 Å². The van der Waals surface area contributed by atoms with Gasteiger partial charge in [0.25, 0.3) is 0 Å². The monoisotopic (exact) mass is 295 g/mol. The Bertz CT molecular complexity index is 572. The molecule has 4 rings (SSSR count). The summed E-state index contributed by atoms with van der Waals surface area (Å²) in [7, 11) is 0. The van der Waals surface area contributed by atoms with Gasteiger partial charge in [-0.1, -0.05) is 49.8 Å². The average molecular weight is 295 g/mol. The molecule has 0 spiro atoms. The van der Waals surface area contributed by atoms with E-state index < -0.39 is 0 Å². The van der Waals surface area contributed by atoms with Gasteiger partial charge >= 0.3 is 0 Å². The van der Waals surface area contributed by atoms with Crippen LogP contribution in [0.1, 0.15) is 74.5 Å². The predicted molar refractivity (Wildman–Crippen MR) is 95.3 cm³/mol. The second kappa shape index (κ2) is 6.10. The average Bonchev–Trinajstić information content (AvgIpc) is 3.17. The number of anilines is 1. The molecule has 2 saturated carbocycles. The summed E-state index contributed by atoms with van der Waals surface area (Å²) in [4.78, 5) is 0. The van der Waals surface area contributed by atoms with Crippen LogP contribution in [0.2, 0.25) is 0 Å². The molecule has 3 aliphatic rings. The smallest absolute Gasteiger partial charge is 0.0386 e. The molecule has 0 saturated heterocycles. The molecule has 1 nitrogen and oxygen atoms in total. The number of nitrogens with one attached hydrogen (secondary N) is 1. The fraction of sp³-hybridized carbons (Fsp3) is 0.619. The SMILES string of the molecule is Cc1cc2c(c(NC3CCCC3)c1)CC(C1CCCCC1)=C2. The Kier molecular flexibility index (Phi) is 3.98. The van der Waals surface area contributed by atoms with Crippen molar-refractivity contribution in [3.05, 3.63) is 34.4 Å². The van der Waals surface area contributed by atoms with Gasteiger partial charge in [-0.2, -0.15) is 0 Å². The number of benzene rings is 1. The summed E-state index contributed by atoms with van der Waals surface area (Å²) >= 11 is 0. The lowest BCUT2D eigenvalue weighted by atomic mass is 9.83. The molecular formula is C21H29N. The van der Waals surface area contributed by atoms with Crippen molar-refractivity contribution in [2.45, 2.75) is 77.2 Å². The summed E-state index contributed by atoms with van der Waals surface area (Å²) in [6, 6.07) is 5.49. The van der Waals surface area contributed by atoms with Crippen molar-refractivity contribution in [2.75, 3.05) is 5.32 Å². The van der Waals surface area contributed by atoms with E-state index in [1.807, 2.05) is 0 Å². The van der Waals surface area contributed by atoms with E-state index in [0.717, 1.165) is 5.92 Å². The molecular weight excluding hydrogens is 266 g/mol. The second-order valence-corrected chi connectivity index (χ2v) is 7.74. The topological polar surface area (TPSA) is 12.0 Å². The zero-order chi connectivity index (χ0) is 14.9. The third-order valence-electron chi connectivity index (χ3n) is 5.99. The maximum absolute atomic E-state index is 3.87. The number of fused-ring (bicyclic) bond motifs is 1. The van der Waals surface area contributed by atoms with E-state index in [1.165, 1.54) is 81.0 Å². The van der Waals surface area contributed by atoms with Crippen LogP contribution in [0.15, 0.2) is 17.7 Å². The maximum Gasteiger partial charge on any atom is 0.0386 e. The number of hydrogen-bond acceptors (Lipinski definition) is 1. The van der Waals surface area contributed by atoms with Crippen LogP contribution >= 0.6 is 0 Å². The number of allylic oxidation sites excluding steroid dienone is 1. The zero-order valence-electron chi connectivity index (χ0n) is 14.0. The Hall–Kier alpha value is -1.24. The van der Waals surface area contributed by atoms with Gasteiger partial charge in [0.05, 0.1) is 0 Å². The van der Waals surface area contributed by atoms with E-state index >= 15 is 0 Å². The summed E-state index contributed by atoms with van der Waals surface area (Å²) in [5, 5.41) is 3.87. The van der Waals surface area contributed by atoms with Crippen molar-refractivity contribution in [3.8, 4) is 0 Å². The predicted octanol–water partition coefficient (Wildman–Crippen LogP) is 5.87. The minimum Gasteiger partial charge on any atom is -0.382 e. The van der Waals surface area contributed by atoms with Crippen LogP contribution in [0, 0.1) is 12.8 Å². The normalized spacial score (nSPS) is 22.7. The molecule has 1 heteroatoms. The molecule has 0 amide bonds.